The third-order valence-electron chi connectivity index (χ3n) is 3.30. The second-order valence-corrected chi connectivity index (χ2v) is 4.64. The fourth-order valence-electron chi connectivity index (χ4n) is 2.18. The van der Waals surface area contributed by atoms with Crippen LogP contribution in [0, 0.1) is 0 Å². The van der Waals surface area contributed by atoms with Crippen LogP contribution in [-0.2, 0) is 6.54 Å². The van der Waals surface area contributed by atoms with E-state index in [2.05, 4.69) is 19.7 Å². The highest BCUT2D eigenvalue weighted by Gasteiger charge is 2.37. The molecule has 21 heavy (non-hydrogen) atoms. The van der Waals surface area contributed by atoms with Crippen molar-refractivity contribution in [3.63, 3.8) is 0 Å². The summed E-state index contributed by atoms with van der Waals surface area (Å²) in [7, 11) is 1.71. The minimum absolute atomic E-state index is 0.124. The van der Waals surface area contributed by atoms with Gasteiger partial charge in [0.15, 0.2) is 0 Å². The van der Waals surface area contributed by atoms with Gasteiger partial charge in [0.2, 0.25) is 0 Å². The molecule has 0 aliphatic carbocycles. The molecule has 1 fully saturated rings. The van der Waals surface area contributed by atoms with E-state index in [1.165, 1.54) is 4.90 Å². The van der Waals surface area contributed by atoms with Gasteiger partial charge in [-0.3, -0.25) is 4.90 Å². The molecule has 0 unspecified atom stereocenters. The van der Waals surface area contributed by atoms with E-state index in [4.69, 9.17) is 0 Å². The van der Waals surface area contributed by atoms with Crippen molar-refractivity contribution in [3.05, 3.63) is 85.4 Å². The van der Waals surface area contributed by atoms with Crippen molar-refractivity contribution in [3.8, 4) is 0 Å². The van der Waals surface area contributed by atoms with Crippen molar-refractivity contribution in [2.45, 2.75) is 6.54 Å². The molecule has 2 rings (SSSR count). The van der Waals surface area contributed by atoms with Gasteiger partial charge in [-0.15, -0.1) is 0 Å². The SMILES string of the molecule is C=C/C=C(/C=C)N1C(=C)N(C)C(=O)N1Cc1ccccc1. The number of amides is 2. The van der Waals surface area contributed by atoms with Crippen LogP contribution in [0.3, 0.4) is 0 Å². The van der Waals surface area contributed by atoms with Crippen LogP contribution in [0.25, 0.3) is 0 Å². The first-order valence-electron chi connectivity index (χ1n) is 6.63. The molecule has 0 radical (unpaired) electrons. The summed E-state index contributed by atoms with van der Waals surface area (Å²) in [5, 5.41) is 3.39. The number of carbonyl (C=O) groups excluding carboxylic acids is 1. The van der Waals surface area contributed by atoms with Gasteiger partial charge in [-0.1, -0.05) is 56.1 Å². The lowest BCUT2D eigenvalue weighted by Gasteiger charge is -2.28. The number of urea groups is 1. The van der Waals surface area contributed by atoms with Gasteiger partial charge in [-0.05, 0) is 17.7 Å². The Hall–Kier alpha value is -2.75. The van der Waals surface area contributed by atoms with Crippen LogP contribution in [0.15, 0.2) is 79.8 Å². The van der Waals surface area contributed by atoms with E-state index in [0.717, 1.165) is 11.3 Å². The van der Waals surface area contributed by atoms with Crippen molar-refractivity contribution in [2.24, 2.45) is 0 Å². The number of hydrazine groups is 1. The fraction of sp³-hybridized carbons (Fsp3) is 0.118. The normalized spacial score (nSPS) is 15.7. The van der Waals surface area contributed by atoms with Crippen molar-refractivity contribution < 1.29 is 4.79 Å². The first-order valence-corrected chi connectivity index (χ1v) is 6.63. The smallest absolute Gasteiger partial charge is 0.281 e. The summed E-state index contributed by atoms with van der Waals surface area (Å²) in [6.45, 7) is 11.9. The average molecular weight is 281 g/mol. The van der Waals surface area contributed by atoms with Crippen LogP contribution < -0.4 is 0 Å². The predicted octanol–water partition coefficient (Wildman–Crippen LogP) is 3.50. The Labute approximate surface area is 125 Å². The number of hydrogen-bond acceptors (Lipinski definition) is 2. The maximum Gasteiger partial charge on any atom is 0.344 e. The zero-order valence-electron chi connectivity index (χ0n) is 12.2. The largest absolute Gasteiger partial charge is 0.344 e. The molecule has 0 atom stereocenters. The Morgan fingerprint density at radius 1 is 1.24 bits per heavy atom. The Kier molecular flexibility index (Phi) is 4.28. The molecular formula is C17H19N3O. The van der Waals surface area contributed by atoms with E-state index in [1.807, 2.05) is 30.3 Å². The molecule has 2 amide bonds. The molecule has 1 heterocycles. The first-order chi connectivity index (χ1) is 10.1. The second kappa shape index (κ2) is 6.13. The lowest BCUT2D eigenvalue weighted by Crippen LogP contribution is -2.36. The van der Waals surface area contributed by atoms with Gasteiger partial charge >= 0.3 is 6.03 Å². The van der Waals surface area contributed by atoms with E-state index >= 15 is 0 Å². The third kappa shape index (κ3) is 2.74. The Morgan fingerprint density at radius 2 is 1.90 bits per heavy atom. The molecule has 0 aromatic heterocycles. The summed E-state index contributed by atoms with van der Waals surface area (Å²) in [6, 6.07) is 9.69. The van der Waals surface area contributed by atoms with Crippen molar-refractivity contribution in [1.82, 2.24) is 14.9 Å². The highest BCUT2D eigenvalue weighted by Crippen LogP contribution is 2.28. The van der Waals surface area contributed by atoms with E-state index in [-0.39, 0.29) is 6.03 Å². The van der Waals surface area contributed by atoms with Crippen LogP contribution in [0.1, 0.15) is 5.56 Å². The fourth-order valence-corrected chi connectivity index (χ4v) is 2.18. The zero-order valence-corrected chi connectivity index (χ0v) is 12.2. The number of nitrogens with zero attached hydrogens (tertiary/aromatic N) is 3. The first kappa shape index (κ1) is 14.7. The molecule has 4 nitrogen and oxygen atoms in total. The molecule has 1 aromatic rings. The van der Waals surface area contributed by atoms with Crippen molar-refractivity contribution >= 4 is 6.03 Å². The molecule has 1 aromatic carbocycles. The number of carbonyl (C=O) groups is 1. The predicted molar refractivity (Wildman–Crippen MR) is 84.6 cm³/mol. The van der Waals surface area contributed by atoms with E-state index in [1.54, 1.807) is 35.3 Å². The summed E-state index contributed by atoms with van der Waals surface area (Å²) in [4.78, 5) is 13.9. The van der Waals surface area contributed by atoms with Crippen LogP contribution in [0.5, 0.6) is 0 Å². The number of hydrogen-bond donors (Lipinski definition) is 0. The van der Waals surface area contributed by atoms with Gasteiger partial charge in [0.05, 0.1) is 12.2 Å². The summed E-state index contributed by atoms with van der Waals surface area (Å²) in [5.74, 6) is 0.587. The van der Waals surface area contributed by atoms with E-state index in [0.29, 0.717) is 12.4 Å². The summed E-state index contributed by atoms with van der Waals surface area (Å²) in [5.41, 5.74) is 1.80. The molecule has 108 valence electrons. The van der Waals surface area contributed by atoms with Crippen LogP contribution in [0.2, 0.25) is 0 Å². The molecule has 1 aliphatic heterocycles. The standard InChI is InChI=1S/C17H19N3O/c1-5-10-16(6-2)20-14(3)18(4)17(21)19(20)13-15-11-8-7-9-12-15/h5-12H,1-3,13H2,4H3/b16-10-. The van der Waals surface area contributed by atoms with Gasteiger partial charge in [0.25, 0.3) is 0 Å². The van der Waals surface area contributed by atoms with Gasteiger partial charge in [0, 0.05) is 7.05 Å². The van der Waals surface area contributed by atoms with Crippen LogP contribution in [-0.4, -0.2) is 28.0 Å². The molecule has 1 aliphatic rings. The molecule has 1 saturated heterocycles. The van der Waals surface area contributed by atoms with Crippen LogP contribution >= 0.6 is 0 Å². The van der Waals surface area contributed by atoms with Gasteiger partial charge < -0.3 is 0 Å². The van der Waals surface area contributed by atoms with Gasteiger partial charge in [0.1, 0.15) is 5.82 Å². The van der Waals surface area contributed by atoms with Crippen molar-refractivity contribution in [2.75, 3.05) is 7.05 Å². The molecular weight excluding hydrogens is 262 g/mol. The molecule has 4 heteroatoms. The Morgan fingerprint density at radius 3 is 2.48 bits per heavy atom. The Bertz CT molecular complexity index is 604. The number of allylic oxidation sites excluding steroid dienone is 3. The molecule has 0 saturated carbocycles. The minimum Gasteiger partial charge on any atom is -0.281 e. The lowest BCUT2D eigenvalue weighted by molar-refractivity contribution is 0.107. The summed E-state index contributed by atoms with van der Waals surface area (Å²) < 4.78 is 0. The maximum absolute atomic E-state index is 12.4. The topological polar surface area (TPSA) is 26.8 Å². The van der Waals surface area contributed by atoms with Gasteiger partial charge in [-0.2, -0.15) is 0 Å². The Balaban J connectivity index is 2.37. The number of benzene rings is 1. The van der Waals surface area contributed by atoms with E-state index < -0.39 is 0 Å². The molecule has 0 bridgehead atoms. The summed E-state index contributed by atoms with van der Waals surface area (Å²) >= 11 is 0. The quantitative estimate of drug-likeness (QED) is 0.772. The third-order valence-corrected chi connectivity index (χ3v) is 3.30. The van der Waals surface area contributed by atoms with E-state index in [9.17, 15) is 4.79 Å². The molecule has 0 N–H and O–H groups in total. The number of rotatable bonds is 5. The minimum atomic E-state index is -0.124. The van der Waals surface area contributed by atoms with Gasteiger partial charge in [-0.25, -0.2) is 14.8 Å². The second-order valence-electron chi connectivity index (χ2n) is 4.64. The van der Waals surface area contributed by atoms with Crippen LogP contribution in [0.4, 0.5) is 4.79 Å². The highest BCUT2D eigenvalue weighted by molar-refractivity contribution is 5.78. The zero-order chi connectivity index (χ0) is 15.4. The highest BCUT2D eigenvalue weighted by atomic mass is 16.2. The van der Waals surface area contributed by atoms with Crippen molar-refractivity contribution in [1.29, 1.82) is 0 Å². The molecule has 0 spiro atoms. The lowest BCUT2D eigenvalue weighted by atomic mass is 10.2. The monoisotopic (exact) mass is 281 g/mol. The average Bonchev–Trinajstić information content (AvgIpc) is 2.71. The summed E-state index contributed by atoms with van der Waals surface area (Å²) in [6.07, 6.45) is 5.13. The maximum atomic E-state index is 12.4.